The monoisotopic (exact) mass is 358 g/mol. The van der Waals surface area contributed by atoms with Crippen molar-refractivity contribution >= 4 is 23.3 Å². The zero-order valence-electron chi connectivity index (χ0n) is 14.3. The number of aromatic nitrogens is 2. The van der Waals surface area contributed by atoms with E-state index in [0.717, 1.165) is 50.0 Å². The second-order valence-electron chi connectivity index (χ2n) is 6.47. The van der Waals surface area contributed by atoms with E-state index < -0.39 is 5.91 Å². The van der Waals surface area contributed by atoms with Crippen molar-refractivity contribution in [2.24, 2.45) is 11.7 Å². The van der Waals surface area contributed by atoms with E-state index in [1.165, 1.54) is 11.5 Å². The molecule has 0 spiro atoms. The molecular weight excluding hydrogens is 336 g/mol. The van der Waals surface area contributed by atoms with Gasteiger partial charge in [0.2, 0.25) is 5.91 Å². The lowest BCUT2D eigenvalue weighted by atomic mass is 9.97. The van der Waals surface area contributed by atoms with Crippen LogP contribution in [-0.2, 0) is 12.8 Å². The predicted octanol–water partition coefficient (Wildman–Crippen LogP) is 2.29. The first-order chi connectivity index (χ1) is 12.1. The zero-order valence-corrected chi connectivity index (χ0v) is 15.1. The molecule has 0 radical (unpaired) electrons. The molecule has 132 valence electrons. The Labute approximate surface area is 151 Å². The van der Waals surface area contributed by atoms with E-state index in [2.05, 4.69) is 16.5 Å². The summed E-state index contributed by atoms with van der Waals surface area (Å²) >= 11 is 1.19. The fourth-order valence-corrected chi connectivity index (χ4v) is 3.96. The molecule has 1 aliphatic rings. The quantitative estimate of drug-likeness (QED) is 0.858. The Morgan fingerprint density at radius 2 is 2.24 bits per heavy atom. The predicted molar refractivity (Wildman–Crippen MR) is 96.6 cm³/mol. The van der Waals surface area contributed by atoms with E-state index in [4.69, 9.17) is 5.73 Å². The summed E-state index contributed by atoms with van der Waals surface area (Å²) in [6.45, 7) is 3.55. The van der Waals surface area contributed by atoms with E-state index >= 15 is 0 Å². The summed E-state index contributed by atoms with van der Waals surface area (Å²) in [6.07, 6.45) is 3.54. The molecule has 25 heavy (non-hydrogen) atoms. The number of aryl methyl sites for hydroxylation is 1. The summed E-state index contributed by atoms with van der Waals surface area (Å²) in [7, 11) is 0. The number of benzene rings is 1. The number of nitrogens with zero attached hydrogens (tertiary/aromatic N) is 3. The number of rotatable bonds is 6. The van der Waals surface area contributed by atoms with E-state index in [1.807, 2.05) is 23.1 Å². The first-order valence-electron chi connectivity index (χ1n) is 8.57. The minimum absolute atomic E-state index is 0.0480. The maximum absolute atomic E-state index is 12.7. The van der Waals surface area contributed by atoms with Gasteiger partial charge in [-0.15, -0.1) is 5.10 Å². The molecule has 6 nitrogen and oxygen atoms in total. The second kappa shape index (κ2) is 7.74. The van der Waals surface area contributed by atoms with E-state index in [1.54, 1.807) is 6.07 Å². The summed E-state index contributed by atoms with van der Waals surface area (Å²) in [6, 6.07) is 7.43. The average Bonchev–Trinajstić information content (AvgIpc) is 3.24. The Morgan fingerprint density at radius 3 is 3.00 bits per heavy atom. The molecule has 7 heteroatoms. The lowest BCUT2D eigenvalue weighted by Crippen LogP contribution is -2.29. The van der Waals surface area contributed by atoms with E-state index in [9.17, 15) is 9.59 Å². The van der Waals surface area contributed by atoms with Crippen LogP contribution in [0.1, 0.15) is 51.1 Å². The molecule has 2 N–H and O–H groups in total. The van der Waals surface area contributed by atoms with Gasteiger partial charge in [-0.05, 0) is 54.4 Å². The molecule has 2 heterocycles. The SMILES string of the molecule is CCCc1nnsc1C(=O)N1CCC(Cc2cccc(C(N)=O)c2)C1. The van der Waals surface area contributed by atoms with Gasteiger partial charge in [0.1, 0.15) is 4.88 Å². The number of nitrogens with two attached hydrogens (primary N) is 1. The molecule has 3 rings (SSSR count). The van der Waals surface area contributed by atoms with Gasteiger partial charge in [-0.3, -0.25) is 9.59 Å². The Morgan fingerprint density at radius 1 is 1.40 bits per heavy atom. The summed E-state index contributed by atoms with van der Waals surface area (Å²) in [4.78, 5) is 26.6. The maximum Gasteiger partial charge on any atom is 0.267 e. The third kappa shape index (κ3) is 4.04. The lowest BCUT2D eigenvalue weighted by Gasteiger charge is -2.16. The zero-order chi connectivity index (χ0) is 17.8. The van der Waals surface area contributed by atoms with Crippen molar-refractivity contribution in [1.29, 1.82) is 0 Å². The van der Waals surface area contributed by atoms with Crippen molar-refractivity contribution in [2.45, 2.75) is 32.6 Å². The molecule has 1 aromatic carbocycles. The van der Waals surface area contributed by atoms with Crippen LogP contribution in [0.4, 0.5) is 0 Å². The smallest absolute Gasteiger partial charge is 0.267 e. The van der Waals surface area contributed by atoms with Crippen LogP contribution in [0, 0.1) is 5.92 Å². The average molecular weight is 358 g/mol. The highest BCUT2D eigenvalue weighted by atomic mass is 32.1. The maximum atomic E-state index is 12.7. The largest absolute Gasteiger partial charge is 0.366 e. The van der Waals surface area contributed by atoms with Gasteiger partial charge < -0.3 is 10.6 Å². The summed E-state index contributed by atoms with van der Waals surface area (Å²) in [5, 5.41) is 4.09. The highest BCUT2D eigenvalue weighted by Gasteiger charge is 2.29. The normalized spacial score (nSPS) is 17.0. The van der Waals surface area contributed by atoms with Crippen LogP contribution in [0.15, 0.2) is 24.3 Å². The van der Waals surface area contributed by atoms with Gasteiger partial charge in [-0.25, -0.2) is 0 Å². The Kier molecular flexibility index (Phi) is 5.43. The van der Waals surface area contributed by atoms with E-state index in [0.29, 0.717) is 16.4 Å². The molecule has 1 unspecified atom stereocenters. The molecule has 0 aliphatic carbocycles. The standard InChI is InChI=1S/C18H22N4O2S/c1-2-4-15-16(25-21-20-15)18(24)22-8-7-13(11-22)9-12-5-3-6-14(10-12)17(19)23/h3,5-6,10,13H,2,4,7-9,11H2,1H3,(H2,19,23). The van der Waals surface area contributed by atoms with Crippen LogP contribution in [-0.4, -0.2) is 39.4 Å². The van der Waals surface area contributed by atoms with Crippen molar-refractivity contribution in [1.82, 2.24) is 14.5 Å². The number of carbonyl (C=O) groups excluding carboxylic acids is 2. The van der Waals surface area contributed by atoms with Gasteiger partial charge >= 0.3 is 0 Å². The Bertz CT molecular complexity index is 774. The van der Waals surface area contributed by atoms with Crippen molar-refractivity contribution in [3.8, 4) is 0 Å². The molecule has 0 bridgehead atoms. The number of hydrogen-bond acceptors (Lipinski definition) is 5. The topological polar surface area (TPSA) is 89.2 Å². The van der Waals surface area contributed by atoms with Crippen molar-refractivity contribution in [3.63, 3.8) is 0 Å². The van der Waals surface area contributed by atoms with Crippen LogP contribution in [0.5, 0.6) is 0 Å². The molecule has 2 amide bonds. The highest BCUT2D eigenvalue weighted by Crippen LogP contribution is 2.25. The van der Waals surface area contributed by atoms with Crippen LogP contribution < -0.4 is 5.73 Å². The first kappa shape index (κ1) is 17.5. The third-order valence-corrected chi connectivity index (χ3v) is 5.30. The second-order valence-corrected chi connectivity index (χ2v) is 7.23. The fourth-order valence-electron chi connectivity index (χ4n) is 3.28. The van der Waals surface area contributed by atoms with Crippen LogP contribution in [0.25, 0.3) is 0 Å². The molecule has 1 fully saturated rings. The van der Waals surface area contributed by atoms with Gasteiger partial charge in [0.25, 0.3) is 5.91 Å². The van der Waals surface area contributed by atoms with Gasteiger partial charge in [0.15, 0.2) is 0 Å². The highest BCUT2D eigenvalue weighted by molar-refractivity contribution is 7.08. The molecule has 1 saturated heterocycles. The number of amides is 2. The van der Waals surface area contributed by atoms with Crippen molar-refractivity contribution in [3.05, 3.63) is 46.0 Å². The van der Waals surface area contributed by atoms with Gasteiger partial charge in [-0.2, -0.15) is 0 Å². The van der Waals surface area contributed by atoms with Crippen molar-refractivity contribution < 1.29 is 9.59 Å². The summed E-state index contributed by atoms with van der Waals surface area (Å²) < 4.78 is 3.95. The lowest BCUT2D eigenvalue weighted by molar-refractivity contribution is 0.0790. The van der Waals surface area contributed by atoms with Gasteiger partial charge in [-0.1, -0.05) is 30.0 Å². The van der Waals surface area contributed by atoms with Gasteiger partial charge in [0, 0.05) is 18.7 Å². The minimum atomic E-state index is -0.411. The van der Waals surface area contributed by atoms with Crippen LogP contribution >= 0.6 is 11.5 Å². The van der Waals surface area contributed by atoms with Crippen LogP contribution in [0.2, 0.25) is 0 Å². The molecular formula is C18H22N4O2S. The van der Waals surface area contributed by atoms with Gasteiger partial charge in [0.05, 0.1) is 5.69 Å². The van der Waals surface area contributed by atoms with Crippen LogP contribution in [0.3, 0.4) is 0 Å². The number of hydrogen-bond donors (Lipinski definition) is 1. The molecule has 1 aromatic heterocycles. The Balaban J connectivity index is 1.63. The fraction of sp³-hybridized carbons (Fsp3) is 0.444. The third-order valence-electron chi connectivity index (χ3n) is 4.55. The molecule has 0 saturated carbocycles. The molecule has 1 aliphatic heterocycles. The Hall–Kier alpha value is -2.28. The summed E-state index contributed by atoms with van der Waals surface area (Å²) in [5.41, 5.74) is 7.77. The first-order valence-corrected chi connectivity index (χ1v) is 9.35. The number of primary amides is 1. The summed E-state index contributed by atoms with van der Waals surface area (Å²) in [5.74, 6) is 0.0284. The number of likely N-dealkylation sites (tertiary alicyclic amines) is 1. The van der Waals surface area contributed by atoms with E-state index in [-0.39, 0.29) is 5.91 Å². The number of carbonyl (C=O) groups is 2. The van der Waals surface area contributed by atoms with Crippen molar-refractivity contribution in [2.75, 3.05) is 13.1 Å². The minimum Gasteiger partial charge on any atom is -0.366 e. The molecule has 1 atom stereocenters. The molecule has 2 aromatic rings.